The molecule has 1 aliphatic carbocycles. The van der Waals surface area contributed by atoms with Crippen molar-refractivity contribution in [2.45, 2.75) is 111 Å². The summed E-state index contributed by atoms with van der Waals surface area (Å²) in [5.74, 6) is 0.275. The Bertz CT molecular complexity index is 1150. The highest BCUT2D eigenvalue weighted by atomic mass is 16.6. The van der Waals surface area contributed by atoms with Gasteiger partial charge >= 0.3 is 6.09 Å². The maximum Gasteiger partial charge on any atom is 0.410 e. The Morgan fingerprint density at radius 1 is 1.09 bits per heavy atom. The van der Waals surface area contributed by atoms with Crippen LogP contribution in [0.2, 0.25) is 0 Å². The average molecular weight is 647 g/mol. The van der Waals surface area contributed by atoms with Crippen LogP contribution >= 0.6 is 0 Å². The smallest absolute Gasteiger partial charge is 0.410 e. The van der Waals surface area contributed by atoms with Gasteiger partial charge in [0.1, 0.15) is 17.2 Å². The van der Waals surface area contributed by atoms with Gasteiger partial charge in [0.15, 0.2) is 0 Å². The van der Waals surface area contributed by atoms with Crippen LogP contribution in [0.4, 0.5) is 10.6 Å². The van der Waals surface area contributed by atoms with Crippen LogP contribution < -0.4 is 15.0 Å². The van der Waals surface area contributed by atoms with Gasteiger partial charge in [0.2, 0.25) is 11.8 Å². The third-order valence-corrected chi connectivity index (χ3v) is 8.10. The molecule has 1 saturated carbocycles. The average Bonchev–Trinajstić information content (AvgIpc) is 3.82. The summed E-state index contributed by atoms with van der Waals surface area (Å²) in [5.41, 5.74) is 0.255. The van der Waals surface area contributed by atoms with Crippen molar-refractivity contribution in [2.75, 3.05) is 51.5 Å². The number of likely N-dealkylation sites (tertiary alicyclic amines) is 1. The van der Waals surface area contributed by atoms with Crippen molar-refractivity contribution in [3.05, 3.63) is 17.8 Å². The lowest BCUT2D eigenvalue weighted by Gasteiger charge is -2.39. The fraction of sp³-hybridized carbons (Fsp3) is 0.771. The molecule has 3 rings (SSSR count). The number of hydrogen-bond donors (Lipinski definition) is 1. The number of pyridine rings is 1. The molecule has 11 nitrogen and oxygen atoms in total. The normalized spacial score (nSPS) is 19.2. The van der Waals surface area contributed by atoms with Crippen LogP contribution in [-0.2, 0) is 23.8 Å². The zero-order valence-corrected chi connectivity index (χ0v) is 29.6. The standard InChI is InChI=1S/C35H58N4O7/c1-10-44-22-27(16-23(2)3)37-32(40)25-17-26(21-38(20-25)34(42)46-35(6,7)8)33(41)39(28-12-13-28)31-18-30(45-15-11-14-43-9)29(19-36-31)24(4)5/h18-19,23-28H,10-17,20-22H2,1-9H3,(H,37,40)/t25-,26?,27+/m0/s1. The quantitative estimate of drug-likeness (QED) is 0.232. The topological polar surface area (TPSA) is 120 Å². The van der Waals surface area contributed by atoms with Crippen LogP contribution in [-0.4, -0.2) is 92.1 Å². The van der Waals surface area contributed by atoms with E-state index in [4.69, 9.17) is 23.9 Å². The predicted octanol–water partition coefficient (Wildman–Crippen LogP) is 5.56. The van der Waals surface area contributed by atoms with Gasteiger partial charge < -0.3 is 29.2 Å². The number of ether oxygens (including phenoxy) is 4. The minimum atomic E-state index is -0.715. The van der Waals surface area contributed by atoms with E-state index in [1.165, 1.54) is 4.90 Å². The van der Waals surface area contributed by atoms with Crippen molar-refractivity contribution < 1.29 is 33.3 Å². The van der Waals surface area contributed by atoms with Gasteiger partial charge in [-0.25, -0.2) is 9.78 Å². The summed E-state index contributed by atoms with van der Waals surface area (Å²) in [4.78, 5) is 49.5. The molecular weight excluding hydrogens is 588 g/mol. The lowest BCUT2D eigenvalue weighted by molar-refractivity contribution is -0.131. The van der Waals surface area contributed by atoms with E-state index in [-0.39, 0.29) is 42.9 Å². The van der Waals surface area contributed by atoms with Crippen molar-refractivity contribution in [1.82, 2.24) is 15.2 Å². The first-order valence-corrected chi connectivity index (χ1v) is 17.0. The second kappa shape index (κ2) is 17.3. The van der Waals surface area contributed by atoms with Crippen molar-refractivity contribution in [2.24, 2.45) is 17.8 Å². The van der Waals surface area contributed by atoms with Crippen molar-refractivity contribution in [1.29, 1.82) is 0 Å². The van der Waals surface area contributed by atoms with Gasteiger partial charge in [0.25, 0.3) is 0 Å². The zero-order valence-electron chi connectivity index (χ0n) is 29.6. The van der Waals surface area contributed by atoms with Crippen LogP contribution in [0, 0.1) is 17.8 Å². The molecule has 0 bridgehead atoms. The number of nitrogens with one attached hydrogen (secondary N) is 1. The van der Waals surface area contributed by atoms with Crippen LogP contribution in [0.1, 0.15) is 99.0 Å². The number of methoxy groups -OCH3 is 1. The summed E-state index contributed by atoms with van der Waals surface area (Å²) >= 11 is 0. The predicted molar refractivity (Wildman–Crippen MR) is 178 cm³/mol. The highest BCUT2D eigenvalue weighted by Gasteiger charge is 2.44. The Morgan fingerprint density at radius 3 is 2.37 bits per heavy atom. The monoisotopic (exact) mass is 646 g/mol. The van der Waals surface area contributed by atoms with Crippen molar-refractivity contribution in [3.8, 4) is 5.75 Å². The van der Waals surface area contributed by atoms with Crippen molar-refractivity contribution >= 4 is 23.7 Å². The molecule has 3 amide bonds. The molecule has 1 unspecified atom stereocenters. The maximum atomic E-state index is 14.4. The molecular formula is C35H58N4O7. The fourth-order valence-electron chi connectivity index (χ4n) is 5.78. The van der Waals surface area contributed by atoms with Crippen LogP contribution in [0.5, 0.6) is 5.75 Å². The number of carbonyl (C=O) groups excluding carboxylic acids is 3. The third-order valence-electron chi connectivity index (χ3n) is 8.10. The van der Waals surface area contributed by atoms with Gasteiger partial charge in [-0.05, 0) is 65.2 Å². The van der Waals surface area contributed by atoms with E-state index in [0.29, 0.717) is 50.3 Å². The third kappa shape index (κ3) is 11.4. The molecule has 1 aliphatic heterocycles. The molecule has 3 atom stereocenters. The Hall–Kier alpha value is -2.92. The van der Waals surface area contributed by atoms with E-state index in [2.05, 4.69) is 33.0 Å². The molecule has 11 heteroatoms. The van der Waals surface area contributed by atoms with E-state index >= 15 is 0 Å². The lowest BCUT2D eigenvalue weighted by atomic mass is 9.87. The number of hydrogen-bond acceptors (Lipinski definition) is 8. The first kappa shape index (κ1) is 37.5. The Labute approximate surface area is 276 Å². The second-order valence-corrected chi connectivity index (χ2v) is 14.4. The van der Waals surface area contributed by atoms with E-state index < -0.39 is 23.5 Å². The molecule has 1 N–H and O–H groups in total. The molecule has 2 heterocycles. The van der Waals surface area contributed by atoms with Gasteiger partial charge in [-0.15, -0.1) is 0 Å². The first-order chi connectivity index (χ1) is 21.7. The first-order valence-electron chi connectivity index (χ1n) is 17.0. The van der Waals surface area contributed by atoms with Gasteiger partial charge in [-0.2, -0.15) is 0 Å². The van der Waals surface area contributed by atoms with Gasteiger partial charge in [0.05, 0.1) is 31.1 Å². The molecule has 0 aromatic carbocycles. The zero-order chi connectivity index (χ0) is 34.0. The molecule has 2 aliphatic rings. The Balaban J connectivity index is 1.90. The minimum Gasteiger partial charge on any atom is -0.493 e. The fourth-order valence-corrected chi connectivity index (χ4v) is 5.78. The van der Waals surface area contributed by atoms with Gasteiger partial charge in [-0.3, -0.25) is 14.5 Å². The minimum absolute atomic E-state index is 0.0111. The van der Waals surface area contributed by atoms with Crippen LogP contribution in [0.15, 0.2) is 12.3 Å². The Morgan fingerprint density at radius 2 is 1.78 bits per heavy atom. The van der Waals surface area contributed by atoms with E-state index in [1.54, 1.807) is 18.2 Å². The number of rotatable bonds is 16. The highest BCUT2D eigenvalue weighted by Crippen LogP contribution is 2.37. The van der Waals surface area contributed by atoms with Crippen LogP contribution in [0.25, 0.3) is 0 Å². The largest absolute Gasteiger partial charge is 0.493 e. The summed E-state index contributed by atoms with van der Waals surface area (Å²) in [6, 6.07) is 1.71. The summed E-state index contributed by atoms with van der Waals surface area (Å²) in [5, 5.41) is 3.16. The number of nitrogens with zero attached hydrogens (tertiary/aromatic N) is 3. The lowest BCUT2D eigenvalue weighted by Crippen LogP contribution is -2.55. The van der Waals surface area contributed by atoms with Gasteiger partial charge in [0, 0.05) is 63.7 Å². The molecule has 260 valence electrons. The van der Waals surface area contributed by atoms with Gasteiger partial charge in [-0.1, -0.05) is 27.7 Å². The van der Waals surface area contributed by atoms with E-state index in [1.807, 2.05) is 33.8 Å². The highest BCUT2D eigenvalue weighted by molar-refractivity contribution is 5.96. The maximum absolute atomic E-state index is 14.4. The molecule has 2 fully saturated rings. The molecule has 0 radical (unpaired) electrons. The molecule has 1 saturated heterocycles. The number of carbonyl (C=O) groups is 3. The summed E-state index contributed by atoms with van der Waals surface area (Å²) in [6.07, 6.45) is 4.83. The van der Waals surface area contributed by atoms with Crippen LogP contribution in [0.3, 0.4) is 0 Å². The van der Waals surface area contributed by atoms with Crippen molar-refractivity contribution in [3.63, 3.8) is 0 Å². The van der Waals surface area contributed by atoms with E-state index in [9.17, 15) is 14.4 Å². The summed E-state index contributed by atoms with van der Waals surface area (Å²) < 4.78 is 22.7. The SMILES string of the molecule is CCOC[C@@H](CC(C)C)NC(=O)[C@H]1CC(C(=O)N(c2cc(OCCCOC)c(C(C)C)cn2)C2CC2)CN(C(=O)OC(C)(C)C)C1. The molecule has 0 spiro atoms. The molecule has 1 aromatic heterocycles. The second-order valence-electron chi connectivity index (χ2n) is 14.4. The molecule has 1 aromatic rings. The summed E-state index contributed by atoms with van der Waals surface area (Å²) in [6.45, 7) is 18.1. The number of piperidine rings is 1. The number of anilines is 1. The number of aromatic nitrogens is 1. The summed E-state index contributed by atoms with van der Waals surface area (Å²) in [7, 11) is 1.66. The Kier molecular flexibility index (Phi) is 14.1. The number of amides is 3. The molecule has 46 heavy (non-hydrogen) atoms. The van der Waals surface area contributed by atoms with E-state index in [0.717, 1.165) is 31.2 Å².